The van der Waals surface area contributed by atoms with Crippen molar-refractivity contribution in [2.45, 2.75) is 0 Å². The van der Waals surface area contributed by atoms with Crippen LogP contribution in [0.5, 0.6) is 5.88 Å². The summed E-state index contributed by atoms with van der Waals surface area (Å²) in [7, 11) is 1.58. The maximum absolute atomic E-state index is 4.98. The Hall–Kier alpha value is -1.91. The quantitative estimate of drug-likeness (QED) is 0.674. The van der Waals surface area contributed by atoms with Gasteiger partial charge in [-0.25, -0.2) is 9.67 Å². The highest BCUT2D eigenvalue weighted by atomic mass is 16.5. The van der Waals surface area contributed by atoms with E-state index in [0.717, 1.165) is 0 Å². The van der Waals surface area contributed by atoms with E-state index in [9.17, 15) is 0 Å². The highest BCUT2D eigenvalue weighted by Crippen LogP contribution is 2.08. The highest BCUT2D eigenvalue weighted by Gasteiger charge is 1.99. The van der Waals surface area contributed by atoms with Gasteiger partial charge in [0.15, 0.2) is 5.82 Å². The van der Waals surface area contributed by atoms with Crippen LogP contribution in [0, 0.1) is 0 Å². The van der Waals surface area contributed by atoms with Gasteiger partial charge in [-0.2, -0.15) is 10.1 Å². The van der Waals surface area contributed by atoms with Crippen molar-refractivity contribution in [2.75, 3.05) is 7.11 Å². The minimum atomic E-state index is 0.563. The van der Waals surface area contributed by atoms with Crippen molar-refractivity contribution in [3.8, 4) is 11.7 Å². The fourth-order valence-corrected chi connectivity index (χ4v) is 0.972. The Bertz CT molecular complexity index is 385. The Labute approximate surface area is 75.0 Å². The van der Waals surface area contributed by atoms with Gasteiger partial charge in [-0.3, -0.25) is 0 Å². The smallest absolute Gasteiger partial charge is 0.214 e. The van der Waals surface area contributed by atoms with Crippen molar-refractivity contribution >= 4 is 0 Å². The number of ether oxygens (including phenoxy) is 1. The van der Waals surface area contributed by atoms with E-state index in [0.29, 0.717) is 11.7 Å². The van der Waals surface area contributed by atoms with Crippen LogP contribution in [0.3, 0.4) is 0 Å². The van der Waals surface area contributed by atoms with Crippen LogP contribution in [0.15, 0.2) is 30.9 Å². The van der Waals surface area contributed by atoms with Crippen LogP contribution in [-0.2, 0) is 0 Å². The normalized spacial score (nSPS) is 9.92. The molecule has 0 atom stereocenters. The molecule has 0 amide bonds. The van der Waals surface area contributed by atoms with Gasteiger partial charge in [-0.05, 0) is 6.07 Å². The van der Waals surface area contributed by atoms with Gasteiger partial charge in [0.25, 0.3) is 0 Å². The molecule has 0 spiro atoms. The average Bonchev–Trinajstić information content (AvgIpc) is 2.71. The van der Waals surface area contributed by atoms with Gasteiger partial charge < -0.3 is 4.74 Å². The maximum atomic E-state index is 4.98. The molecule has 0 unspecified atom stereocenters. The lowest BCUT2D eigenvalue weighted by atomic mass is 10.4. The topological polar surface area (TPSA) is 52.8 Å². The standard InChI is InChI=1S/C8H8N4O/c1-13-8-4-2-3-7(11-8)12-6-9-5-10-12/h2-6H,1H3. The minimum absolute atomic E-state index is 0.563. The monoisotopic (exact) mass is 176 g/mol. The van der Waals surface area contributed by atoms with Crippen molar-refractivity contribution in [1.29, 1.82) is 0 Å². The summed E-state index contributed by atoms with van der Waals surface area (Å²) in [6.07, 6.45) is 3.04. The molecular weight excluding hydrogens is 168 g/mol. The summed E-state index contributed by atoms with van der Waals surface area (Å²) >= 11 is 0. The number of hydrogen-bond acceptors (Lipinski definition) is 4. The number of hydrogen-bond donors (Lipinski definition) is 0. The maximum Gasteiger partial charge on any atom is 0.214 e. The second-order valence-corrected chi connectivity index (χ2v) is 2.38. The third-order valence-corrected chi connectivity index (χ3v) is 1.57. The molecule has 5 nitrogen and oxygen atoms in total. The third-order valence-electron chi connectivity index (χ3n) is 1.57. The number of aromatic nitrogens is 4. The lowest BCUT2D eigenvalue weighted by Gasteiger charge is -2.01. The van der Waals surface area contributed by atoms with Crippen molar-refractivity contribution in [3.63, 3.8) is 0 Å². The molecule has 0 saturated heterocycles. The van der Waals surface area contributed by atoms with E-state index in [1.807, 2.05) is 12.1 Å². The molecule has 0 radical (unpaired) electrons. The Kier molecular flexibility index (Phi) is 1.91. The first-order valence-corrected chi connectivity index (χ1v) is 3.76. The van der Waals surface area contributed by atoms with Crippen LogP contribution in [-0.4, -0.2) is 26.9 Å². The van der Waals surface area contributed by atoms with E-state index in [1.165, 1.54) is 6.33 Å². The molecule has 0 fully saturated rings. The van der Waals surface area contributed by atoms with E-state index in [2.05, 4.69) is 15.1 Å². The first-order valence-electron chi connectivity index (χ1n) is 3.76. The zero-order chi connectivity index (χ0) is 9.10. The molecule has 66 valence electrons. The van der Waals surface area contributed by atoms with Gasteiger partial charge in [0.2, 0.25) is 5.88 Å². The molecule has 2 aromatic heterocycles. The number of nitrogens with zero attached hydrogens (tertiary/aromatic N) is 4. The van der Waals surface area contributed by atoms with E-state index < -0.39 is 0 Å². The fourth-order valence-electron chi connectivity index (χ4n) is 0.972. The molecule has 0 bridgehead atoms. The first-order chi connectivity index (χ1) is 6.40. The van der Waals surface area contributed by atoms with E-state index in [4.69, 9.17) is 4.74 Å². The lowest BCUT2D eigenvalue weighted by molar-refractivity contribution is 0.397. The Morgan fingerprint density at radius 2 is 2.31 bits per heavy atom. The van der Waals surface area contributed by atoms with Crippen LogP contribution in [0.1, 0.15) is 0 Å². The van der Waals surface area contributed by atoms with Gasteiger partial charge in [0.05, 0.1) is 7.11 Å². The minimum Gasteiger partial charge on any atom is -0.481 e. The van der Waals surface area contributed by atoms with Gasteiger partial charge in [0.1, 0.15) is 12.7 Å². The molecule has 0 aliphatic heterocycles. The molecule has 0 aliphatic carbocycles. The SMILES string of the molecule is COc1cccc(-n2cncn2)n1. The van der Waals surface area contributed by atoms with E-state index in [-0.39, 0.29) is 0 Å². The number of pyridine rings is 1. The molecular formula is C8H8N4O. The molecule has 0 saturated carbocycles. The predicted octanol–water partition coefficient (Wildman–Crippen LogP) is 0.671. The Morgan fingerprint density at radius 1 is 1.38 bits per heavy atom. The van der Waals surface area contributed by atoms with Crippen molar-refractivity contribution in [1.82, 2.24) is 19.7 Å². The summed E-state index contributed by atoms with van der Waals surface area (Å²) in [5.74, 6) is 1.25. The summed E-state index contributed by atoms with van der Waals surface area (Å²) in [5, 5.41) is 3.95. The van der Waals surface area contributed by atoms with Crippen LogP contribution >= 0.6 is 0 Å². The van der Waals surface area contributed by atoms with Crippen LogP contribution in [0.2, 0.25) is 0 Å². The fraction of sp³-hybridized carbons (Fsp3) is 0.125. The number of methoxy groups -OCH3 is 1. The van der Waals surface area contributed by atoms with E-state index in [1.54, 1.807) is 24.2 Å². The second kappa shape index (κ2) is 3.22. The zero-order valence-electron chi connectivity index (χ0n) is 7.08. The van der Waals surface area contributed by atoms with Gasteiger partial charge in [-0.15, -0.1) is 0 Å². The highest BCUT2D eigenvalue weighted by molar-refractivity contribution is 5.25. The molecule has 0 aromatic carbocycles. The van der Waals surface area contributed by atoms with Gasteiger partial charge in [0, 0.05) is 6.07 Å². The van der Waals surface area contributed by atoms with Crippen molar-refractivity contribution in [3.05, 3.63) is 30.9 Å². The van der Waals surface area contributed by atoms with Crippen molar-refractivity contribution in [2.24, 2.45) is 0 Å². The average molecular weight is 176 g/mol. The molecule has 0 aliphatic rings. The molecule has 2 aromatic rings. The largest absolute Gasteiger partial charge is 0.481 e. The molecule has 13 heavy (non-hydrogen) atoms. The number of rotatable bonds is 2. The predicted molar refractivity (Wildman–Crippen MR) is 45.7 cm³/mol. The summed E-state index contributed by atoms with van der Waals surface area (Å²) in [4.78, 5) is 8.00. The van der Waals surface area contributed by atoms with E-state index >= 15 is 0 Å². The summed E-state index contributed by atoms with van der Waals surface area (Å²) < 4.78 is 6.55. The molecule has 5 heteroatoms. The second-order valence-electron chi connectivity index (χ2n) is 2.38. The Balaban J connectivity index is 2.41. The van der Waals surface area contributed by atoms with Crippen LogP contribution in [0.4, 0.5) is 0 Å². The molecule has 2 heterocycles. The molecule has 2 rings (SSSR count). The third kappa shape index (κ3) is 1.48. The lowest BCUT2D eigenvalue weighted by Crippen LogP contribution is -1.98. The van der Waals surface area contributed by atoms with Crippen LogP contribution < -0.4 is 4.74 Å². The Morgan fingerprint density at radius 3 is 3.00 bits per heavy atom. The summed E-state index contributed by atoms with van der Waals surface area (Å²) in [6.45, 7) is 0. The summed E-state index contributed by atoms with van der Waals surface area (Å²) in [5.41, 5.74) is 0. The van der Waals surface area contributed by atoms with Crippen molar-refractivity contribution < 1.29 is 4.74 Å². The van der Waals surface area contributed by atoms with Gasteiger partial charge in [-0.1, -0.05) is 6.07 Å². The summed E-state index contributed by atoms with van der Waals surface area (Å²) in [6, 6.07) is 5.46. The molecule has 0 N–H and O–H groups in total. The first kappa shape index (κ1) is 7.72. The zero-order valence-corrected chi connectivity index (χ0v) is 7.08. The van der Waals surface area contributed by atoms with Gasteiger partial charge >= 0.3 is 0 Å². The van der Waals surface area contributed by atoms with Crippen LogP contribution in [0.25, 0.3) is 5.82 Å².